The Kier molecular flexibility index (Phi) is 4.86. The van der Waals surface area contributed by atoms with Crippen molar-refractivity contribution in [2.75, 3.05) is 13.6 Å². The van der Waals surface area contributed by atoms with Crippen molar-refractivity contribution in [2.24, 2.45) is 0 Å². The molecule has 1 rings (SSSR count). The zero-order valence-electron chi connectivity index (χ0n) is 9.57. The highest BCUT2D eigenvalue weighted by molar-refractivity contribution is 5.29. The number of aliphatic hydroxyl groups is 2. The summed E-state index contributed by atoms with van der Waals surface area (Å²) in [4.78, 5) is 0. The highest BCUT2D eigenvalue weighted by Crippen LogP contribution is 2.23. The molecule has 1 aromatic rings. The summed E-state index contributed by atoms with van der Waals surface area (Å²) in [5.74, 6) is -0.364. The fraction of sp³-hybridized carbons (Fsp3) is 0.500. The van der Waals surface area contributed by atoms with E-state index in [1.165, 1.54) is 12.1 Å². The van der Waals surface area contributed by atoms with Crippen molar-refractivity contribution >= 4 is 0 Å². The van der Waals surface area contributed by atoms with Crippen molar-refractivity contribution in [3.8, 4) is 0 Å². The van der Waals surface area contributed by atoms with E-state index in [9.17, 15) is 14.6 Å². The topological polar surface area (TPSA) is 52.5 Å². The molecular weight excluding hydrogens is 209 g/mol. The number of nitrogens with one attached hydrogen (secondary N) is 1. The molecule has 0 heterocycles. The van der Waals surface area contributed by atoms with Crippen LogP contribution < -0.4 is 5.32 Å². The molecule has 0 aliphatic carbocycles. The summed E-state index contributed by atoms with van der Waals surface area (Å²) in [6, 6.07) is 4.50. The molecule has 0 radical (unpaired) electrons. The second-order valence-electron chi connectivity index (χ2n) is 3.86. The summed E-state index contributed by atoms with van der Waals surface area (Å²) in [6.45, 7) is 2.20. The zero-order valence-corrected chi connectivity index (χ0v) is 9.57. The zero-order chi connectivity index (χ0) is 12.1. The Morgan fingerprint density at radius 1 is 1.38 bits per heavy atom. The lowest BCUT2D eigenvalue weighted by molar-refractivity contribution is 0.0135. The number of rotatable bonds is 5. The van der Waals surface area contributed by atoms with Crippen LogP contribution in [-0.2, 0) is 0 Å². The molecule has 3 nitrogen and oxygen atoms in total. The van der Waals surface area contributed by atoms with Gasteiger partial charge in [-0.15, -0.1) is 0 Å². The van der Waals surface area contributed by atoms with Crippen LogP contribution in [0, 0.1) is 12.7 Å². The monoisotopic (exact) mass is 227 g/mol. The third-order valence-electron chi connectivity index (χ3n) is 2.68. The van der Waals surface area contributed by atoms with Crippen LogP contribution >= 0.6 is 0 Å². The molecule has 16 heavy (non-hydrogen) atoms. The third kappa shape index (κ3) is 3.01. The van der Waals surface area contributed by atoms with Crippen molar-refractivity contribution in [3.63, 3.8) is 0 Å². The Balaban J connectivity index is 2.79. The van der Waals surface area contributed by atoms with Crippen molar-refractivity contribution < 1.29 is 14.6 Å². The first-order chi connectivity index (χ1) is 7.57. The van der Waals surface area contributed by atoms with Crippen molar-refractivity contribution in [3.05, 3.63) is 35.1 Å². The van der Waals surface area contributed by atoms with E-state index in [0.29, 0.717) is 24.1 Å². The van der Waals surface area contributed by atoms with Crippen molar-refractivity contribution in [1.29, 1.82) is 0 Å². The molecule has 0 bridgehead atoms. The van der Waals surface area contributed by atoms with E-state index in [-0.39, 0.29) is 5.82 Å². The molecule has 0 aliphatic rings. The number of aliphatic hydroxyl groups excluding tert-OH is 2. The molecule has 1 aromatic carbocycles. The van der Waals surface area contributed by atoms with Gasteiger partial charge in [0.05, 0.1) is 6.10 Å². The van der Waals surface area contributed by atoms with Crippen LogP contribution in [0.3, 0.4) is 0 Å². The largest absolute Gasteiger partial charge is 0.390 e. The summed E-state index contributed by atoms with van der Waals surface area (Å²) < 4.78 is 13.2. The second kappa shape index (κ2) is 5.94. The average Bonchev–Trinajstić information content (AvgIpc) is 2.28. The van der Waals surface area contributed by atoms with Gasteiger partial charge in [-0.3, -0.25) is 0 Å². The first kappa shape index (κ1) is 13.1. The number of benzene rings is 1. The summed E-state index contributed by atoms with van der Waals surface area (Å²) >= 11 is 0. The Morgan fingerprint density at radius 2 is 2.06 bits per heavy atom. The van der Waals surface area contributed by atoms with Gasteiger partial charge in [0.1, 0.15) is 11.9 Å². The summed E-state index contributed by atoms with van der Waals surface area (Å²) in [5.41, 5.74) is 0.835. The van der Waals surface area contributed by atoms with Crippen LogP contribution in [0.5, 0.6) is 0 Å². The lowest BCUT2D eigenvalue weighted by Gasteiger charge is -2.19. The highest BCUT2D eigenvalue weighted by atomic mass is 19.1. The molecule has 0 aliphatic heterocycles. The van der Waals surface area contributed by atoms with Gasteiger partial charge >= 0.3 is 0 Å². The van der Waals surface area contributed by atoms with Gasteiger partial charge in [-0.2, -0.15) is 0 Å². The second-order valence-corrected chi connectivity index (χ2v) is 3.86. The van der Waals surface area contributed by atoms with E-state index in [0.717, 1.165) is 0 Å². The first-order valence-electron chi connectivity index (χ1n) is 5.33. The quantitative estimate of drug-likeness (QED) is 0.707. The molecule has 0 saturated carbocycles. The summed E-state index contributed by atoms with van der Waals surface area (Å²) in [6.07, 6.45) is -1.50. The normalized spacial score (nSPS) is 14.8. The molecule has 0 spiro atoms. The van der Waals surface area contributed by atoms with Crippen LogP contribution in [0.15, 0.2) is 18.2 Å². The van der Waals surface area contributed by atoms with Crippen LogP contribution in [0.2, 0.25) is 0 Å². The Labute approximate surface area is 94.9 Å². The van der Waals surface area contributed by atoms with Gasteiger partial charge in [0.25, 0.3) is 0 Å². The SMILES string of the molecule is CNCCC(O)C(O)c1cccc(F)c1C. The van der Waals surface area contributed by atoms with Gasteiger partial charge in [0, 0.05) is 0 Å². The average molecular weight is 227 g/mol. The fourth-order valence-electron chi connectivity index (χ4n) is 1.60. The molecule has 2 atom stereocenters. The Morgan fingerprint density at radius 3 is 2.69 bits per heavy atom. The highest BCUT2D eigenvalue weighted by Gasteiger charge is 2.20. The van der Waals surface area contributed by atoms with Crippen LogP contribution in [0.1, 0.15) is 23.7 Å². The number of halogens is 1. The maximum Gasteiger partial charge on any atom is 0.126 e. The minimum Gasteiger partial charge on any atom is -0.390 e. The van der Waals surface area contributed by atoms with Crippen molar-refractivity contribution in [1.82, 2.24) is 5.32 Å². The third-order valence-corrected chi connectivity index (χ3v) is 2.68. The predicted octanol–water partition coefficient (Wildman–Crippen LogP) is 1.14. The predicted molar refractivity (Wildman–Crippen MR) is 60.6 cm³/mol. The van der Waals surface area contributed by atoms with Crippen LogP contribution in [0.25, 0.3) is 0 Å². The lowest BCUT2D eigenvalue weighted by atomic mass is 9.97. The molecule has 4 heteroatoms. The van der Waals surface area contributed by atoms with Gasteiger partial charge in [-0.05, 0) is 44.1 Å². The van der Waals surface area contributed by atoms with E-state index in [2.05, 4.69) is 5.32 Å². The van der Waals surface area contributed by atoms with Gasteiger partial charge in [0.15, 0.2) is 0 Å². The van der Waals surface area contributed by atoms with Gasteiger partial charge in [-0.1, -0.05) is 12.1 Å². The lowest BCUT2D eigenvalue weighted by Crippen LogP contribution is -2.24. The van der Waals surface area contributed by atoms with E-state index >= 15 is 0 Å². The standard InChI is InChI=1S/C12H18FNO2/c1-8-9(4-3-5-10(8)13)12(16)11(15)6-7-14-2/h3-5,11-12,14-16H,6-7H2,1-2H3. The van der Waals surface area contributed by atoms with Crippen molar-refractivity contribution in [2.45, 2.75) is 25.6 Å². The minimum atomic E-state index is -1.04. The van der Waals surface area contributed by atoms with E-state index in [1.807, 2.05) is 0 Å². The Hall–Kier alpha value is -0.970. The molecule has 0 amide bonds. The van der Waals surface area contributed by atoms with Gasteiger partial charge < -0.3 is 15.5 Å². The van der Waals surface area contributed by atoms with Crippen LogP contribution in [-0.4, -0.2) is 29.9 Å². The van der Waals surface area contributed by atoms with Crippen LogP contribution in [0.4, 0.5) is 4.39 Å². The van der Waals surface area contributed by atoms with E-state index < -0.39 is 12.2 Å². The molecule has 0 aromatic heterocycles. The van der Waals surface area contributed by atoms with E-state index in [1.54, 1.807) is 20.0 Å². The maximum atomic E-state index is 13.2. The van der Waals surface area contributed by atoms with Gasteiger partial charge in [-0.25, -0.2) is 4.39 Å². The molecule has 0 saturated heterocycles. The van der Waals surface area contributed by atoms with E-state index in [4.69, 9.17) is 0 Å². The molecule has 3 N–H and O–H groups in total. The van der Waals surface area contributed by atoms with Gasteiger partial charge in [0.2, 0.25) is 0 Å². The minimum absolute atomic E-state index is 0.364. The number of hydrogen-bond donors (Lipinski definition) is 3. The summed E-state index contributed by atoms with van der Waals surface area (Å²) in [7, 11) is 1.77. The maximum absolute atomic E-state index is 13.2. The Bertz CT molecular complexity index is 344. The summed E-state index contributed by atoms with van der Waals surface area (Å²) in [5, 5.41) is 22.5. The number of hydrogen-bond acceptors (Lipinski definition) is 3. The fourth-order valence-corrected chi connectivity index (χ4v) is 1.60. The molecular formula is C12H18FNO2. The molecule has 2 unspecified atom stereocenters. The molecule has 90 valence electrons. The molecule has 0 fully saturated rings. The smallest absolute Gasteiger partial charge is 0.126 e. The first-order valence-corrected chi connectivity index (χ1v) is 5.33.